The van der Waals surface area contributed by atoms with Crippen molar-refractivity contribution in [3.8, 4) is 17.0 Å². The van der Waals surface area contributed by atoms with Crippen LogP contribution < -0.4 is 15.8 Å². The van der Waals surface area contributed by atoms with E-state index in [4.69, 9.17) is 15.6 Å². The molecule has 8 rings (SSSR count). The number of anilines is 2. The summed E-state index contributed by atoms with van der Waals surface area (Å²) in [5.41, 5.74) is 10.8. The van der Waals surface area contributed by atoms with Crippen LogP contribution in [0.15, 0.2) is 54.9 Å². The van der Waals surface area contributed by atoms with E-state index in [0.29, 0.717) is 34.7 Å². The maximum absolute atomic E-state index is 13.4. The monoisotopic (exact) mass is 631 g/mol. The van der Waals surface area contributed by atoms with Crippen molar-refractivity contribution in [2.45, 2.75) is 57.8 Å². The number of nitrogens with one attached hydrogen (secondary N) is 1. The lowest BCUT2D eigenvalue weighted by Crippen LogP contribution is -2.43. The number of hydrogen-bond acceptors (Lipinski definition) is 9. The molecular weight excluding hydrogens is 594 g/mol. The highest BCUT2D eigenvalue weighted by molar-refractivity contribution is 6.07. The van der Waals surface area contributed by atoms with Gasteiger partial charge in [-0.2, -0.15) is 5.10 Å². The van der Waals surface area contributed by atoms with E-state index in [-0.39, 0.29) is 11.9 Å². The highest BCUT2D eigenvalue weighted by Crippen LogP contribution is 2.39. The lowest BCUT2D eigenvalue weighted by atomic mass is 9.90. The Labute approximate surface area is 271 Å². The first-order valence-electron chi connectivity index (χ1n) is 16.0. The largest absolute Gasteiger partial charge is 0.495 e. The van der Waals surface area contributed by atoms with Crippen LogP contribution in [-0.4, -0.2) is 69.6 Å². The number of nitrogen functional groups attached to an aromatic ring is 1. The van der Waals surface area contributed by atoms with E-state index in [1.54, 1.807) is 7.11 Å². The van der Waals surface area contributed by atoms with Crippen molar-refractivity contribution in [1.82, 2.24) is 44.0 Å². The molecule has 47 heavy (non-hydrogen) atoms. The van der Waals surface area contributed by atoms with Gasteiger partial charge >= 0.3 is 0 Å². The number of aryl methyl sites for hydroxylation is 2. The zero-order chi connectivity index (χ0) is 32.2. The lowest BCUT2D eigenvalue weighted by Gasteiger charge is -2.38. The van der Waals surface area contributed by atoms with Gasteiger partial charge in [0.2, 0.25) is 0 Å². The van der Waals surface area contributed by atoms with Crippen molar-refractivity contribution < 1.29 is 9.53 Å². The Bertz CT molecular complexity index is 2140. The summed E-state index contributed by atoms with van der Waals surface area (Å²) >= 11 is 0. The molecule has 5 heterocycles. The third-order valence-corrected chi connectivity index (χ3v) is 9.92. The molecule has 13 heteroatoms. The predicted molar refractivity (Wildman–Crippen MR) is 179 cm³/mol. The number of nitrogens with zero attached hydrogens (tertiary/aromatic N) is 9. The zero-order valence-electron chi connectivity index (χ0n) is 26.7. The maximum Gasteiger partial charge on any atom is 0.272 e. The molecule has 13 nitrogen and oxygen atoms in total. The van der Waals surface area contributed by atoms with E-state index in [1.807, 2.05) is 71.8 Å². The number of rotatable bonds is 6. The third kappa shape index (κ3) is 4.97. The van der Waals surface area contributed by atoms with Gasteiger partial charge in [-0.1, -0.05) is 24.3 Å². The molecule has 0 spiro atoms. The summed E-state index contributed by atoms with van der Waals surface area (Å²) in [5.74, 6) is 2.72. The van der Waals surface area contributed by atoms with Crippen molar-refractivity contribution in [1.29, 1.82) is 0 Å². The fourth-order valence-electron chi connectivity index (χ4n) is 7.39. The second-order valence-electron chi connectivity index (χ2n) is 12.5. The third-order valence-electron chi connectivity index (χ3n) is 9.92. The number of amides is 1. The number of carbonyl (C=O) groups excluding carboxylic acids is 1. The van der Waals surface area contributed by atoms with Crippen LogP contribution in [0.3, 0.4) is 0 Å². The molecule has 2 aromatic carbocycles. The molecular formula is C34H37N11O2. The molecule has 1 amide bonds. The predicted octanol–water partition coefficient (Wildman–Crippen LogP) is 4.73. The SMILES string of the molecule is COc1cc(-c2nn([C@H]3CC[C@H](N4CCn5c(C)nnc5C4)CC3)c3ncnc(N)c23)ccc1NC(=O)c1cc2ccccc2n1C. The first-order chi connectivity index (χ1) is 22.9. The lowest BCUT2D eigenvalue weighted by molar-refractivity contribution is 0.101. The van der Waals surface area contributed by atoms with Crippen LogP contribution in [-0.2, 0) is 20.1 Å². The molecule has 2 aliphatic rings. The fraction of sp³-hybridized carbons (Fsp3) is 0.353. The number of aromatic nitrogens is 8. The molecule has 0 bridgehead atoms. The zero-order valence-corrected chi connectivity index (χ0v) is 26.7. The smallest absolute Gasteiger partial charge is 0.272 e. The summed E-state index contributed by atoms with van der Waals surface area (Å²) in [4.78, 5) is 24.9. The van der Waals surface area contributed by atoms with Gasteiger partial charge in [0.25, 0.3) is 5.91 Å². The number of nitrogens with two attached hydrogens (primary N) is 1. The summed E-state index contributed by atoms with van der Waals surface area (Å²) in [7, 11) is 3.48. The normalized spacial score (nSPS) is 18.4. The van der Waals surface area contributed by atoms with E-state index >= 15 is 0 Å². The first-order valence-corrected chi connectivity index (χ1v) is 16.0. The van der Waals surface area contributed by atoms with Crippen molar-refractivity contribution in [3.05, 3.63) is 72.2 Å². The average Bonchev–Trinajstić information content (AvgIpc) is 3.78. The van der Waals surface area contributed by atoms with Crippen LogP contribution in [0.2, 0.25) is 0 Å². The van der Waals surface area contributed by atoms with E-state index in [0.717, 1.165) is 84.5 Å². The molecule has 240 valence electrons. The van der Waals surface area contributed by atoms with Gasteiger partial charge in [0.05, 0.1) is 30.8 Å². The van der Waals surface area contributed by atoms with Crippen LogP contribution >= 0.6 is 0 Å². The van der Waals surface area contributed by atoms with Gasteiger partial charge in [0, 0.05) is 42.6 Å². The highest BCUT2D eigenvalue weighted by atomic mass is 16.5. The summed E-state index contributed by atoms with van der Waals surface area (Å²) in [5, 5.41) is 18.5. The molecule has 0 saturated heterocycles. The second kappa shape index (κ2) is 11.5. The number of para-hydroxylation sites is 1. The van der Waals surface area contributed by atoms with E-state index in [9.17, 15) is 4.79 Å². The topological polar surface area (TPSA) is 147 Å². The molecule has 6 aromatic rings. The first kappa shape index (κ1) is 29.1. The van der Waals surface area contributed by atoms with Crippen LogP contribution in [0, 0.1) is 6.92 Å². The Balaban J connectivity index is 1.05. The number of carbonyl (C=O) groups is 1. The molecule has 0 radical (unpaired) electrons. The van der Waals surface area contributed by atoms with E-state index in [2.05, 4.69) is 34.9 Å². The van der Waals surface area contributed by atoms with E-state index in [1.165, 1.54) is 6.33 Å². The average molecular weight is 632 g/mol. The van der Waals surface area contributed by atoms with Crippen molar-refractivity contribution in [3.63, 3.8) is 0 Å². The summed E-state index contributed by atoms with van der Waals surface area (Å²) in [6.45, 7) is 4.81. The van der Waals surface area contributed by atoms with Gasteiger partial charge in [-0.05, 0) is 56.9 Å². The van der Waals surface area contributed by atoms with Gasteiger partial charge in [-0.25, -0.2) is 14.6 Å². The van der Waals surface area contributed by atoms with Crippen LogP contribution in [0.1, 0.15) is 53.9 Å². The van der Waals surface area contributed by atoms with Gasteiger partial charge in [-0.3, -0.25) is 9.69 Å². The Hall–Kier alpha value is -5.30. The Morgan fingerprint density at radius 1 is 1.00 bits per heavy atom. The molecule has 1 saturated carbocycles. The molecule has 1 aliphatic carbocycles. The van der Waals surface area contributed by atoms with Gasteiger partial charge < -0.3 is 24.9 Å². The summed E-state index contributed by atoms with van der Waals surface area (Å²) in [6.07, 6.45) is 5.59. The molecule has 1 aliphatic heterocycles. The Morgan fingerprint density at radius 2 is 1.81 bits per heavy atom. The Kier molecular flexibility index (Phi) is 7.12. The van der Waals surface area contributed by atoms with Crippen LogP contribution in [0.5, 0.6) is 5.75 Å². The van der Waals surface area contributed by atoms with Gasteiger partial charge in [0.1, 0.15) is 40.9 Å². The quantitative estimate of drug-likeness (QED) is 0.266. The van der Waals surface area contributed by atoms with Crippen LogP contribution in [0.25, 0.3) is 33.2 Å². The minimum atomic E-state index is -0.223. The molecule has 0 unspecified atom stereocenters. The molecule has 3 N–H and O–H groups in total. The standard InChI is InChI=1S/C34H37N11O2/c1-20-39-40-29-18-43(14-15-44(20)29)23-9-11-24(12-10-23)45-33-30(32(35)36-19-37-33)31(41-45)22-8-13-25(28(17-22)47-3)38-34(46)27-16-21-6-4-5-7-26(21)42(27)2/h4-8,13,16-17,19,23-24H,9-12,14-15,18H2,1-3H3,(H,38,46)(H2,35,36,37)/t23-,24-. The van der Waals surface area contributed by atoms with Crippen molar-refractivity contribution in [2.24, 2.45) is 7.05 Å². The maximum atomic E-state index is 13.4. The van der Waals surface area contributed by atoms with Crippen LogP contribution in [0.4, 0.5) is 11.5 Å². The number of fused-ring (bicyclic) bond motifs is 3. The highest BCUT2D eigenvalue weighted by Gasteiger charge is 2.32. The number of hydrogen-bond donors (Lipinski definition) is 2. The van der Waals surface area contributed by atoms with Crippen molar-refractivity contribution in [2.75, 3.05) is 24.7 Å². The number of ether oxygens (including phenoxy) is 1. The molecule has 0 atom stereocenters. The number of methoxy groups -OCH3 is 1. The van der Waals surface area contributed by atoms with E-state index < -0.39 is 0 Å². The fourth-order valence-corrected chi connectivity index (χ4v) is 7.39. The van der Waals surface area contributed by atoms with Gasteiger partial charge in [0.15, 0.2) is 5.65 Å². The van der Waals surface area contributed by atoms with Crippen molar-refractivity contribution >= 4 is 39.3 Å². The molecule has 1 fully saturated rings. The summed E-state index contributed by atoms with van der Waals surface area (Å²) in [6, 6.07) is 16.1. The minimum Gasteiger partial charge on any atom is -0.495 e. The van der Waals surface area contributed by atoms with Gasteiger partial charge in [-0.15, -0.1) is 10.2 Å². The second-order valence-corrected chi connectivity index (χ2v) is 12.5. The molecule has 4 aromatic heterocycles. The Morgan fingerprint density at radius 3 is 2.62 bits per heavy atom. The number of benzene rings is 2. The minimum absolute atomic E-state index is 0.189. The summed E-state index contributed by atoms with van der Waals surface area (Å²) < 4.78 is 11.9.